The highest BCUT2D eigenvalue weighted by Crippen LogP contribution is 2.33. The molecule has 32 heavy (non-hydrogen) atoms. The maximum Gasteiger partial charge on any atom is 0.273 e. The molecule has 0 bridgehead atoms. The molecular formula is C23H28F2N4O3. The van der Waals surface area contributed by atoms with E-state index >= 15 is 0 Å². The van der Waals surface area contributed by atoms with E-state index in [0.717, 1.165) is 37.6 Å². The number of hydrogen-bond acceptors (Lipinski definition) is 5. The van der Waals surface area contributed by atoms with Gasteiger partial charge in [-0.3, -0.25) is 9.59 Å². The van der Waals surface area contributed by atoms with E-state index in [2.05, 4.69) is 15.4 Å². The Hall–Kier alpha value is -2.81. The van der Waals surface area contributed by atoms with E-state index in [1.54, 1.807) is 19.0 Å². The lowest BCUT2D eigenvalue weighted by Crippen LogP contribution is -2.55. The van der Waals surface area contributed by atoms with Crippen molar-refractivity contribution in [2.24, 2.45) is 11.8 Å². The fourth-order valence-electron chi connectivity index (χ4n) is 4.19. The average molecular weight is 446 g/mol. The van der Waals surface area contributed by atoms with Crippen LogP contribution in [0.15, 0.2) is 28.8 Å². The highest BCUT2D eigenvalue weighted by molar-refractivity contribution is 5.94. The summed E-state index contributed by atoms with van der Waals surface area (Å²) < 4.78 is 32.3. The molecule has 4 rings (SSSR count). The lowest BCUT2D eigenvalue weighted by Gasteiger charge is -2.39. The lowest BCUT2D eigenvalue weighted by atomic mass is 9.90. The molecule has 9 heteroatoms. The second-order valence-corrected chi connectivity index (χ2v) is 8.94. The molecular weight excluding hydrogens is 418 g/mol. The largest absolute Gasteiger partial charge is 0.355 e. The minimum absolute atomic E-state index is 0.0163. The number of hydrogen-bond donors (Lipinski definition) is 1. The van der Waals surface area contributed by atoms with Crippen LogP contribution in [0.25, 0.3) is 11.3 Å². The van der Waals surface area contributed by atoms with Gasteiger partial charge in [0.15, 0.2) is 11.5 Å². The second kappa shape index (κ2) is 9.36. The predicted octanol–water partition coefficient (Wildman–Crippen LogP) is 2.93. The van der Waals surface area contributed by atoms with Crippen molar-refractivity contribution >= 4 is 11.8 Å². The summed E-state index contributed by atoms with van der Waals surface area (Å²) in [6.07, 6.45) is 4.40. The van der Waals surface area contributed by atoms with Gasteiger partial charge in [0, 0.05) is 45.4 Å². The molecule has 0 radical (unpaired) electrons. The number of aromatic nitrogens is 1. The molecule has 2 fully saturated rings. The average Bonchev–Trinajstić information content (AvgIpc) is 3.46. The normalized spacial score (nSPS) is 21.4. The van der Waals surface area contributed by atoms with Crippen LogP contribution in [0.1, 0.15) is 36.2 Å². The SMILES string of the molecule is CN(C)C(=O)[C@@H]1CN(CCC2CC2)CC[C@H]1NC(=O)c1cc(-c2ccc(F)cc2F)on1. The van der Waals surface area contributed by atoms with E-state index in [1.807, 2.05) is 0 Å². The van der Waals surface area contributed by atoms with E-state index in [1.165, 1.54) is 25.0 Å². The van der Waals surface area contributed by atoms with Gasteiger partial charge in [0.1, 0.15) is 11.6 Å². The molecule has 1 saturated heterocycles. The van der Waals surface area contributed by atoms with Crippen LogP contribution >= 0.6 is 0 Å². The van der Waals surface area contributed by atoms with Crippen molar-refractivity contribution in [3.05, 3.63) is 41.6 Å². The standard InChI is InChI=1S/C23H28F2N4O3/c1-28(2)23(31)17-13-29(9-7-14-3-4-14)10-8-19(17)26-22(30)20-12-21(32-27-20)16-6-5-15(24)11-18(16)25/h5-6,11-12,14,17,19H,3-4,7-10,13H2,1-2H3,(H,26,30)/t17-,19-/m1/s1. The monoisotopic (exact) mass is 446 g/mol. The zero-order chi connectivity index (χ0) is 22.8. The van der Waals surface area contributed by atoms with Crippen LogP contribution in [0.4, 0.5) is 8.78 Å². The van der Waals surface area contributed by atoms with Crippen molar-refractivity contribution in [3.63, 3.8) is 0 Å². The Morgan fingerprint density at radius 1 is 1.22 bits per heavy atom. The van der Waals surface area contributed by atoms with Crippen LogP contribution in [0.3, 0.4) is 0 Å². The molecule has 1 saturated carbocycles. The molecule has 2 atom stereocenters. The molecule has 0 spiro atoms. The first-order valence-electron chi connectivity index (χ1n) is 11.0. The Bertz CT molecular complexity index is 989. The third-order valence-electron chi connectivity index (χ3n) is 6.26. The quantitative estimate of drug-likeness (QED) is 0.708. The van der Waals surface area contributed by atoms with Gasteiger partial charge in [-0.05, 0) is 37.4 Å². The highest BCUT2D eigenvalue weighted by Gasteiger charge is 2.37. The first-order valence-corrected chi connectivity index (χ1v) is 11.0. The first kappa shape index (κ1) is 22.4. The maximum absolute atomic E-state index is 14.0. The van der Waals surface area contributed by atoms with Crippen LogP contribution in [-0.4, -0.2) is 66.5 Å². The summed E-state index contributed by atoms with van der Waals surface area (Å²) in [5.41, 5.74) is -0.00137. The minimum Gasteiger partial charge on any atom is -0.355 e. The number of carbonyl (C=O) groups is 2. The molecule has 1 N–H and O–H groups in total. The highest BCUT2D eigenvalue weighted by atomic mass is 19.1. The maximum atomic E-state index is 14.0. The number of piperidine rings is 1. The van der Waals surface area contributed by atoms with Crippen molar-refractivity contribution in [2.75, 3.05) is 33.7 Å². The molecule has 2 aliphatic rings. The molecule has 1 aliphatic heterocycles. The van der Waals surface area contributed by atoms with E-state index < -0.39 is 17.5 Å². The minimum atomic E-state index is -0.802. The number of carbonyl (C=O) groups excluding carboxylic acids is 2. The van der Waals surface area contributed by atoms with E-state index in [4.69, 9.17) is 4.52 Å². The Kier molecular flexibility index (Phi) is 6.55. The van der Waals surface area contributed by atoms with Crippen LogP contribution in [0.2, 0.25) is 0 Å². The summed E-state index contributed by atoms with van der Waals surface area (Å²) in [7, 11) is 3.43. The van der Waals surface area contributed by atoms with Crippen LogP contribution in [0.5, 0.6) is 0 Å². The van der Waals surface area contributed by atoms with Gasteiger partial charge in [0.2, 0.25) is 5.91 Å². The summed E-state index contributed by atoms with van der Waals surface area (Å²) >= 11 is 0. The summed E-state index contributed by atoms with van der Waals surface area (Å²) in [4.78, 5) is 29.5. The molecule has 2 amide bonds. The van der Waals surface area contributed by atoms with Gasteiger partial charge in [-0.25, -0.2) is 8.78 Å². The number of benzene rings is 1. The summed E-state index contributed by atoms with van der Waals surface area (Å²) in [6, 6.07) is 4.06. The number of likely N-dealkylation sites (tertiary alicyclic amines) is 1. The summed E-state index contributed by atoms with van der Waals surface area (Å²) in [6.45, 7) is 2.37. The van der Waals surface area contributed by atoms with Crippen LogP contribution in [-0.2, 0) is 4.79 Å². The lowest BCUT2D eigenvalue weighted by molar-refractivity contribution is -0.135. The second-order valence-electron chi connectivity index (χ2n) is 8.94. The van der Waals surface area contributed by atoms with Crippen LogP contribution < -0.4 is 5.32 Å². The third kappa shape index (κ3) is 5.15. The molecule has 1 aliphatic carbocycles. The zero-order valence-electron chi connectivity index (χ0n) is 18.3. The number of nitrogens with zero attached hydrogens (tertiary/aromatic N) is 3. The van der Waals surface area contributed by atoms with Gasteiger partial charge in [0.25, 0.3) is 5.91 Å². The molecule has 1 aromatic heterocycles. The van der Waals surface area contributed by atoms with E-state index in [0.29, 0.717) is 13.0 Å². The van der Waals surface area contributed by atoms with Crippen molar-refractivity contribution in [2.45, 2.75) is 31.7 Å². The number of nitrogens with one attached hydrogen (secondary N) is 1. The van der Waals surface area contributed by atoms with Crippen LogP contribution in [0, 0.1) is 23.5 Å². The molecule has 7 nitrogen and oxygen atoms in total. The molecule has 0 unspecified atom stereocenters. The smallest absolute Gasteiger partial charge is 0.273 e. The predicted molar refractivity (Wildman–Crippen MR) is 114 cm³/mol. The van der Waals surface area contributed by atoms with Crippen molar-refractivity contribution in [3.8, 4) is 11.3 Å². The fraction of sp³-hybridized carbons (Fsp3) is 0.522. The molecule has 172 valence electrons. The Morgan fingerprint density at radius 2 is 2.00 bits per heavy atom. The topological polar surface area (TPSA) is 78.7 Å². The zero-order valence-corrected chi connectivity index (χ0v) is 18.3. The Labute approximate surface area is 185 Å². The van der Waals surface area contributed by atoms with Gasteiger partial charge in [0.05, 0.1) is 11.5 Å². The Morgan fingerprint density at radius 3 is 2.69 bits per heavy atom. The van der Waals surface area contributed by atoms with Crippen molar-refractivity contribution < 1.29 is 22.9 Å². The van der Waals surface area contributed by atoms with Crippen molar-refractivity contribution in [1.29, 1.82) is 0 Å². The molecule has 2 heterocycles. The van der Waals surface area contributed by atoms with Gasteiger partial charge >= 0.3 is 0 Å². The summed E-state index contributed by atoms with van der Waals surface area (Å²) in [5, 5.41) is 6.66. The van der Waals surface area contributed by atoms with Gasteiger partial charge in [-0.2, -0.15) is 0 Å². The van der Waals surface area contributed by atoms with Gasteiger partial charge in [-0.15, -0.1) is 0 Å². The van der Waals surface area contributed by atoms with Crippen molar-refractivity contribution in [1.82, 2.24) is 20.3 Å². The first-order chi connectivity index (χ1) is 15.3. The number of halogens is 2. The summed E-state index contributed by atoms with van der Waals surface area (Å²) in [5.74, 6) is -1.53. The number of rotatable bonds is 7. The Balaban J connectivity index is 1.43. The fourth-order valence-corrected chi connectivity index (χ4v) is 4.19. The molecule has 1 aromatic carbocycles. The van der Waals surface area contributed by atoms with Gasteiger partial charge < -0.3 is 19.6 Å². The van der Waals surface area contributed by atoms with E-state index in [9.17, 15) is 18.4 Å². The third-order valence-corrected chi connectivity index (χ3v) is 6.26. The van der Waals surface area contributed by atoms with Gasteiger partial charge in [-0.1, -0.05) is 18.0 Å². The van der Waals surface area contributed by atoms with E-state index in [-0.39, 0.29) is 34.9 Å². The molecule has 2 aromatic rings. The number of amides is 2.